The van der Waals surface area contributed by atoms with Gasteiger partial charge in [0.2, 0.25) is 5.91 Å². The summed E-state index contributed by atoms with van der Waals surface area (Å²) in [6.07, 6.45) is 0. The molecule has 1 aromatic carbocycles. The maximum absolute atomic E-state index is 12.4. The first-order valence-corrected chi connectivity index (χ1v) is 10.4. The first-order valence-electron chi connectivity index (χ1n) is 8.62. The molecule has 0 bridgehead atoms. The molecule has 0 radical (unpaired) electrons. The molecule has 3 aromatic rings. The van der Waals surface area contributed by atoms with Gasteiger partial charge in [-0.3, -0.25) is 4.79 Å². The van der Waals surface area contributed by atoms with Crippen LogP contribution in [-0.4, -0.2) is 17.4 Å². The number of hydrogen-bond donors (Lipinski definition) is 2. The molecule has 6 heteroatoms. The van der Waals surface area contributed by atoms with Crippen LogP contribution >= 0.6 is 22.7 Å². The molecule has 0 aliphatic rings. The van der Waals surface area contributed by atoms with E-state index in [1.165, 1.54) is 4.88 Å². The van der Waals surface area contributed by atoms with Crippen LogP contribution in [0.15, 0.2) is 47.2 Å². The minimum absolute atomic E-state index is 0.0428. The van der Waals surface area contributed by atoms with Crippen LogP contribution in [0.2, 0.25) is 0 Å². The molecule has 0 aliphatic heterocycles. The number of aromatic nitrogens is 1. The van der Waals surface area contributed by atoms with Gasteiger partial charge in [0, 0.05) is 27.5 Å². The van der Waals surface area contributed by atoms with Crippen LogP contribution in [0.1, 0.15) is 29.8 Å². The summed E-state index contributed by atoms with van der Waals surface area (Å²) in [5, 5.41) is 11.5. The fourth-order valence-electron chi connectivity index (χ4n) is 2.79. The molecule has 0 saturated heterocycles. The molecule has 136 valence electrons. The first-order chi connectivity index (χ1) is 12.5. The fraction of sp³-hybridized carbons (Fsp3) is 0.300. The van der Waals surface area contributed by atoms with E-state index < -0.39 is 0 Å². The normalized spacial score (nSPS) is 12.3. The number of aryl methyl sites for hydroxylation is 1. The van der Waals surface area contributed by atoms with Crippen LogP contribution in [0, 0.1) is 12.8 Å². The highest BCUT2D eigenvalue weighted by atomic mass is 32.1. The minimum atomic E-state index is -0.0428. The summed E-state index contributed by atoms with van der Waals surface area (Å²) in [6.45, 7) is 6.59. The monoisotopic (exact) mass is 385 g/mol. The van der Waals surface area contributed by atoms with Gasteiger partial charge in [0.05, 0.1) is 17.2 Å². The van der Waals surface area contributed by atoms with Crippen LogP contribution in [0.3, 0.4) is 0 Å². The van der Waals surface area contributed by atoms with Crippen LogP contribution < -0.4 is 10.6 Å². The lowest BCUT2D eigenvalue weighted by molar-refractivity contribution is -0.115. The molecule has 2 N–H and O–H groups in total. The van der Waals surface area contributed by atoms with Gasteiger partial charge < -0.3 is 10.6 Å². The zero-order valence-electron chi connectivity index (χ0n) is 15.2. The third kappa shape index (κ3) is 4.78. The smallest absolute Gasteiger partial charge is 0.238 e. The maximum atomic E-state index is 12.4. The Kier molecular flexibility index (Phi) is 6.19. The minimum Gasteiger partial charge on any atom is -0.325 e. The van der Waals surface area contributed by atoms with E-state index in [-0.39, 0.29) is 18.5 Å². The molecular formula is C20H23N3OS2. The topological polar surface area (TPSA) is 54.0 Å². The number of benzene rings is 1. The summed E-state index contributed by atoms with van der Waals surface area (Å²) in [6, 6.07) is 12.2. The lowest BCUT2D eigenvalue weighted by Gasteiger charge is -2.21. The van der Waals surface area contributed by atoms with E-state index in [9.17, 15) is 4.79 Å². The fourth-order valence-corrected chi connectivity index (χ4v) is 4.39. The molecule has 26 heavy (non-hydrogen) atoms. The molecule has 2 heterocycles. The standard InChI is InChI=1S/C20H23N3OS2/c1-13(2)20(18-8-5-9-25-18)21-11-19(24)23-16-7-4-6-15(10-16)17-12-26-14(3)22-17/h4-10,12-13,20-21H,11H2,1-3H3,(H,23,24). The number of rotatable bonds is 7. The van der Waals surface area contributed by atoms with Crippen molar-refractivity contribution < 1.29 is 4.79 Å². The number of anilines is 1. The lowest BCUT2D eigenvalue weighted by atomic mass is 10.0. The summed E-state index contributed by atoms with van der Waals surface area (Å²) < 4.78 is 0. The third-order valence-electron chi connectivity index (χ3n) is 4.06. The Hall–Kier alpha value is -2.02. The van der Waals surface area contributed by atoms with Crippen molar-refractivity contribution in [3.63, 3.8) is 0 Å². The van der Waals surface area contributed by atoms with Crippen LogP contribution in [0.25, 0.3) is 11.3 Å². The molecule has 0 saturated carbocycles. The predicted molar refractivity (Wildman–Crippen MR) is 111 cm³/mol. The second-order valence-electron chi connectivity index (χ2n) is 6.50. The largest absolute Gasteiger partial charge is 0.325 e. The molecule has 0 aliphatic carbocycles. The van der Waals surface area contributed by atoms with Gasteiger partial charge in [0.25, 0.3) is 0 Å². The Morgan fingerprint density at radius 3 is 2.69 bits per heavy atom. The average molecular weight is 386 g/mol. The average Bonchev–Trinajstić information content (AvgIpc) is 3.27. The second-order valence-corrected chi connectivity index (χ2v) is 8.54. The Morgan fingerprint density at radius 2 is 2.04 bits per heavy atom. The van der Waals surface area contributed by atoms with Gasteiger partial charge in [-0.05, 0) is 36.4 Å². The molecule has 1 amide bonds. The van der Waals surface area contributed by atoms with Gasteiger partial charge in [0.1, 0.15) is 0 Å². The lowest BCUT2D eigenvalue weighted by Crippen LogP contribution is -2.33. The van der Waals surface area contributed by atoms with Gasteiger partial charge in [-0.1, -0.05) is 32.0 Å². The third-order valence-corrected chi connectivity index (χ3v) is 5.79. The van der Waals surface area contributed by atoms with Crippen molar-refractivity contribution in [2.75, 3.05) is 11.9 Å². The van der Waals surface area contributed by atoms with Crippen molar-refractivity contribution in [1.29, 1.82) is 0 Å². The highest BCUT2D eigenvalue weighted by Crippen LogP contribution is 2.26. The van der Waals surface area contributed by atoms with E-state index in [4.69, 9.17) is 0 Å². The highest BCUT2D eigenvalue weighted by Gasteiger charge is 2.17. The molecule has 4 nitrogen and oxygen atoms in total. The van der Waals surface area contributed by atoms with E-state index in [1.807, 2.05) is 42.6 Å². The molecule has 0 fully saturated rings. The van der Waals surface area contributed by atoms with E-state index in [0.29, 0.717) is 5.92 Å². The van der Waals surface area contributed by atoms with Gasteiger partial charge >= 0.3 is 0 Å². The summed E-state index contributed by atoms with van der Waals surface area (Å²) in [7, 11) is 0. The summed E-state index contributed by atoms with van der Waals surface area (Å²) in [4.78, 5) is 18.1. The van der Waals surface area contributed by atoms with E-state index in [2.05, 4.69) is 40.9 Å². The van der Waals surface area contributed by atoms with Crippen molar-refractivity contribution >= 4 is 34.3 Å². The number of nitrogens with zero attached hydrogens (tertiary/aromatic N) is 1. The zero-order chi connectivity index (χ0) is 18.5. The van der Waals surface area contributed by atoms with Crippen LogP contribution in [0.5, 0.6) is 0 Å². The highest BCUT2D eigenvalue weighted by molar-refractivity contribution is 7.10. The van der Waals surface area contributed by atoms with Gasteiger partial charge in [-0.15, -0.1) is 22.7 Å². The Balaban J connectivity index is 1.61. The summed E-state index contributed by atoms with van der Waals surface area (Å²) >= 11 is 3.34. The molecule has 1 unspecified atom stereocenters. The summed E-state index contributed by atoms with van der Waals surface area (Å²) in [5.41, 5.74) is 2.75. The molecule has 1 atom stereocenters. The number of thiophene rings is 1. The number of carbonyl (C=O) groups is 1. The Bertz CT molecular complexity index is 856. The quantitative estimate of drug-likeness (QED) is 0.594. The molecular weight excluding hydrogens is 362 g/mol. The number of hydrogen-bond acceptors (Lipinski definition) is 5. The SMILES string of the molecule is Cc1nc(-c2cccc(NC(=O)CNC(c3cccs3)C(C)C)c2)cs1. The van der Waals surface area contributed by atoms with Gasteiger partial charge in [0.15, 0.2) is 0 Å². The number of nitrogens with one attached hydrogen (secondary N) is 2. The second kappa shape index (κ2) is 8.58. The molecule has 3 rings (SSSR count). The van der Waals surface area contributed by atoms with E-state index in [0.717, 1.165) is 22.0 Å². The van der Waals surface area contributed by atoms with Gasteiger partial charge in [-0.2, -0.15) is 0 Å². The molecule has 2 aromatic heterocycles. The van der Waals surface area contributed by atoms with Crippen molar-refractivity contribution in [3.05, 3.63) is 57.0 Å². The van der Waals surface area contributed by atoms with Crippen molar-refractivity contribution in [2.24, 2.45) is 5.92 Å². The number of amides is 1. The van der Waals surface area contributed by atoms with E-state index in [1.54, 1.807) is 22.7 Å². The molecule has 0 spiro atoms. The predicted octanol–water partition coefficient (Wildman–Crippen LogP) is 5.11. The van der Waals surface area contributed by atoms with Crippen LogP contribution in [0.4, 0.5) is 5.69 Å². The number of carbonyl (C=O) groups excluding carboxylic acids is 1. The Morgan fingerprint density at radius 1 is 1.19 bits per heavy atom. The van der Waals surface area contributed by atoms with E-state index >= 15 is 0 Å². The van der Waals surface area contributed by atoms with Crippen molar-refractivity contribution in [3.8, 4) is 11.3 Å². The first kappa shape index (κ1) is 18.8. The zero-order valence-corrected chi connectivity index (χ0v) is 16.8. The van der Waals surface area contributed by atoms with Gasteiger partial charge in [-0.25, -0.2) is 4.98 Å². The van der Waals surface area contributed by atoms with Crippen molar-refractivity contribution in [1.82, 2.24) is 10.3 Å². The maximum Gasteiger partial charge on any atom is 0.238 e. The van der Waals surface area contributed by atoms with Crippen molar-refractivity contribution in [2.45, 2.75) is 26.8 Å². The van der Waals surface area contributed by atoms with Crippen LogP contribution in [-0.2, 0) is 4.79 Å². The summed E-state index contributed by atoms with van der Waals surface area (Å²) in [5.74, 6) is 0.372. The number of thiazole rings is 1. The Labute approximate surface area is 162 Å².